The Morgan fingerprint density at radius 1 is 1.14 bits per heavy atom. The highest BCUT2D eigenvalue weighted by Gasteiger charge is 2.39. The number of piperidine rings is 1. The Morgan fingerprint density at radius 2 is 1.90 bits per heavy atom. The van der Waals surface area contributed by atoms with Crippen molar-refractivity contribution in [2.45, 2.75) is 49.5 Å². The number of rotatable bonds is 2. The molecule has 1 aromatic rings. The molecule has 3 rings (SSSR count). The van der Waals surface area contributed by atoms with Gasteiger partial charge in [0.25, 0.3) is 0 Å². The van der Waals surface area contributed by atoms with Crippen LogP contribution in [0.25, 0.3) is 0 Å². The standard InChI is InChI=1S/C16H20N2O2S/c17-12-13-5-3-8-15(11-13)21(19,20)18-10-4-7-14-6-1-2-9-16(14)18/h3,5,8,11,14,16H,1-2,4,6-7,9-10H2/t14-,16+/m1/s1. The molecule has 0 spiro atoms. The molecular weight excluding hydrogens is 284 g/mol. The van der Waals surface area contributed by atoms with Crippen molar-refractivity contribution in [1.29, 1.82) is 5.26 Å². The predicted molar refractivity (Wildman–Crippen MR) is 80.0 cm³/mol. The Morgan fingerprint density at radius 3 is 2.71 bits per heavy atom. The van der Waals surface area contributed by atoms with E-state index in [2.05, 4.69) is 0 Å². The molecule has 1 aromatic carbocycles. The van der Waals surface area contributed by atoms with E-state index in [-0.39, 0.29) is 10.9 Å². The quantitative estimate of drug-likeness (QED) is 0.844. The summed E-state index contributed by atoms with van der Waals surface area (Å²) in [6, 6.07) is 8.54. The Labute approximate surface area is 126 Å². The Hall–Kier alpha value is -1.38. The molecule has 21 heavy (non-hydrogen) atoms. The van der Waals surface area contributed by atoms with Gasteiger partial charge in [0, 0.05) is 12.6 Å². The molecule has 2 atom stereocenters. The van der Waals surface area contributed by atoms with Crippen LogP contribution in [-0.2, 0) is 10.0 Å². The van der Waals surface area contributed by atoms with E-state index in [0.717, 1.165) is 32.1 Å². The number of nitrogens with zero attached hydrogens (tertiary/aromatic N) is 2. The topological polar surface area (TPSA) is 61.2 Å². The van der Waals surface area contributed by atoms with Gasteiger partial charge in [-0.3, -0.25) is 0 Å². The minimum atomic E-state index is -3.48. The molecule has 1 aliphatic carbocycles. The molecule has 2 fully saturated rings. The number of sulfonamides is 1. The fourth-order valence-electron chi connectivity index (χ4n) is 3.74. The van der Waals surface area contributed by atoms with Gasteiger partial charge in [-0.25, -0.2) is 8.42 Å². The van der Waals surface area contributed by atoms with E-state index in [0.29, 0.717) is 18.0 Å². The van der Waals surface area contributed by atoms with Crippen molar-refractivity contribution in [3.05, 3.63) is 29.8 Å². The lowest BCUT2D eigenvalue weighted by Crippen LogP contribution is -2.49. The summed E-state index contributed by atoms with van der Waals surface area (Å²) in [5.74, 6) is 0.515. The number of fused-ring (bicyclic) bond motifs is 1. The van der Waals surface area contributed by atoms with Gasteiger partial charge < -0.3 is 0 Å². The summed E-state index contributed by atoms with van der Waals surface area (Å²) in [6.07, 6.45) is 6.55. The number of benzene rings is 1. The fraction of sp³-hybridized carbons (Fsp3) is 0.562. The first kappa shape index (κ1) is 14.6. The smallest absolute Gasteiger partial charge is 0.207 e. The molecule has 1 aliphatic heterocycles. The highest BCUT2D eigenvalue weighted by Crippen LogP contribution is 2.38. The molecule has 2 aliphatic rings. The molecule has 112 valence electrons. The average molecular weight is 304 g/mol. The van der Waals surface area contributed by atoms with Crippen LogP contribution in [0, 0.1) is 17.2 Å². The van der Waals surface area contributed by atoms with E-state index in [4.69, 9.17) is 5.26 Å². The zero-order valence-corrected chi connectivity index (χ0v) is 12.8. The highest BCUT2D eigenvalue weighted by atomic mass is 32.2. The minimum Gasteiger partial charge on any atom is -0.207 e. The van der Waals surface area contributed by atoms with Gasteiger partial charge in [0.05, 0.1) is 16.5 Å². The molecule has 0 amide bonds. The van der Waals surface area contributed by atoms with Crippen molar-refractivity contribution in [3.63, 3.8) is 0 Å². The van der Waals surface area contributed by atoms with E-state index in [9.17, 15) is 8.42 Å². The van der Waals surface area contributed by atoms with Crippen molar-refractivity contribution in [2.75, 3.05) is 6.54 Å². The maximum Gasteiger partial charge on any atom is 0.243 e. The third-order valence-corrected chi connectivity index (χ3v) is 6.68. The third kappa shape index (κ3) is 2.70. The van der Waals surface area contributed by atoms with Crippen molar-refractivity contribution in [2.24, 2.45) is 5.92 Å². The van der Waals surface area contributed by atoms with Gasteiger partial charge in [0.15, 0.2) is 0 Å². The van der Waals surface area contributed by atoms with Crippen LogP contribution in [-0.4, -0.2) is 25.3 Å². The van der Waals surface area contributed by atoms with Gasteiger partial charge in [-0.1, -0.05) is 18.9 Å². The molecular formula is C16H20N2O2S. The van der Waals surface area contributed by atoms with Crippen LogP contribution in [0.2, 0.25) is 0 Å². The molecule has 1 heterocycles. The van der Waals surface area contributed by atoms with Gasteiger partial charge in [0.2, 0.25) is 10.0 Å². The monoisotopic (exact) mass is 304 g/mol. The molecule has 5 heteroatoms. The second-order valence-corrected chi connectivity index (χ2v) is 7.90. The first-order chi connectivity index (χ1) is 10.1. The Kier molecular flexibility index (Phi) is 4.01. The van der Waals surface area contributed by atoms with Crippen LogP contribution in [0.4, 0.5) is 0 Å². The summed E-state index contributed by atoms with van der Waals surface area (Å²) in [4.78, 5) is 0.257. The summed E-state index contributed by atoms with van der Waals surface area (Å²) in [6.45, 7) is 0.611. The maximum absolute atomic E-state index is 12.9. The van der Waals surface area contributed by atoms with Crippen molar-refractivity contribution in [3.8, 4) is 6.07 Å². The maximum atomic E-state index is 12.9. The van der Waals surface area contributed by atoms with Crippen LogP contribution < -0.4 is 0 Å². The summed E-state index contributed by atoms with van der Waals surface area (Å²) >= 11 is 0. The normalized spacial score (nSPS) is 26.8. The zero-order chi connectivity index (χ0) is 14.9. The van der Waals surface area contributed by atoms with Crippen molar-refractivity contribution in [1.82, 2.24) is 4.31 Å². The largest absolute Gasteiger partial charge is 0.243 e. The molecule has 0 bridgehead atoms. The van der Waals surface area contributed by atoms with Crippen molar-refractivity contribution >= 4 is 10.0 Å². The summed E-state index contributed by atoms with van der Waals surface area (Å²) in [5.41, 5.74) is 0.397. The van der Waals surface area contributed by atoms with Gasteiger partial charge in [-0.2, -0.15) is 9.57 Å². The summed E-state index contributed by atoms with van der Waals surface area (Å²) in [5, 5.41) is 8.97. The Balaban J connectivity index is 1.94. The first-order valence-electron chi connectivity index (χ1n) is 7.65. The third-order valence-electron chi connectivity index (χ3n) is 4.76. The SMILES string of the molecule is N#Cc1cccc(S(=O)(=O)N2CCC[C@H]3CCCC[C@@H]32)c1. The number of nitriles is 1. The van der Waals surface area contributed by atoms with Crippen LogP contribution in [0.5, 0.6) is 0 Å². The van der Waals surface area contributed by atoms with Gasteiger partial charge >= 0.3 is 0 Å². The van der Waals surface area contributed by atoms with Gasteiger partial charge in [-0.05, 0) is 49.8 Å². The molecule has 0 aromatic heterocycles. The van der Waals surface area contributed by atoms with Crippen LogP contribution >= 0.6 is 0 Å². The lowest BCUT2D eigenvalue weighted by atomic mass is 9.79. The molecule has 0 radical (unpaired) electrons. The van der Waals surface area contributed by atoms with Crippen LogP contribution in [0.1, 0.15) is 44.1 Å². The summed E-state index contributed by atoms with van der Waals surface area (Å²) < 4.78 is 27.6. The Bertz CT molecular complexity index is 661. The second-order valence-electron chi connectivity index (χ2n) is 6.01. The summed E-state index contributed by atoms with van der Waals surface area (Å²) in [7, 11) is -3.48. The molecule has 0 unspecified atom stereocenters. The van der Waals surface area contributed by atoms with Crippen molar-refractivity contribution < 1.29 is 8.42 Å². The molecule has 1 saturated heterocycles. The van der Waals surface area contributed by atoms with E-state index in [1.807, 2.05) is 6.07 Å². The van der Waals surface area contributed by atoms with Gasteiger partial charge in [-0.15, -0.1) is 0 Å². The van der Waals surface area contributed by atoms with Crippen LogP contribution in [0.3, 0.4) is 0 Å². The molecule has 1 saturated carbocycles. The zero-order valence-electron chi connectivity index (χ0n) is 12.0. The fourth-order valence-corrected chi connectivity index (χ4v) is 5.54. The predicted octanol–water partition coefficient (Wildman–Crippen LogP) is 2.90. The second kappa shape index (κ2) is 5.78. The average Bonchev–Trinajstić information content (AvgIpc) is 2.54. The minimum absolute atomic E-state index is 0.156. The highest BCUT2D eigenvalue weighted by molar-refractivity contribution is 7.89. The van der Waals surface area contributed by atoms with E-state index in [1.165, 1.54) is 12.5 Å². The van der Waals surface area contributed by atoms with E-state index < -0.39 is 10.0 Å². The lowest BCUT2D eigenvalue weighted by molar-refractivity contribution is 0.129. The molecule has 0 N–H and O–H groups in total. The number of hydrogen-bond donors (Lipinski definition) is 0. The first-order valence-corrected chi connectivity index (χ1v) is 9.09. The van der Waals surface area contributed by atoms with Crippen LogP contribution in [0.15, 0.2) is 29.2 Å². The van der Waals surface area contributed by atoms with E-state index >= 15 is 0 Å². The van der Waals surface area contributed by atoms with E-state index in [1.54, 1.807) is 22.5 Å². The molecule has 4 nitrogen and oxygen atoms in total. The van der Waals surface area contributed by atoms with Gasteiger partial charge in [0.1, 0.15) is 0 Å². The number of hydrogen-bond acceptors (Lipinski definition) is 3. The lowest BCUT2D eigenvalue weighted by Gasteiger charge is -2.43.